The number of H-pyrrole nitrogens is 1. The van der Waals surface area contributed by atoms with Gasteiger partial charge in [-0.25, -0.2) is 15.0 Å². The van der Waals surface area contributed by atoms with Crippen molar-refractivity contribution in [3.8, 4) is 10.4 Å². The molecule has 2 aromatic carbocycles. The summed E-state index contributed by atoms with van der Waals surface area (Å²) >= 11 is 7.80. The Balaban J connectivity index is 0.690. The molecule has 78 heavy (non-hydrogen) atoms. The lowest BCUT2D eigenvalue weighted by atomic mass is 9.85. The average molecular weight is 1110 g/mol. The van der Waals surface area contributed by atoms with Crippen LogP contribution in [0.1, 0.15) is 69.3 Å². The van der Waals surface area contributed by atoms with Crippen LogP contribution in [0, 0.1) is 12.3 Å². The second kappa shape index (κ2) is 26.7. The number of nitrogens with two attached hydrogens (primary N) is 1. The topological polar surface area (TPSA) is 263 Å². The molecule has 0 bridgehead atoms. The lowest BCUT2D eigenvalue weighted by molar-refractivity contribution is -0.144. The first-order valence-corrected chi connectivity index (χ1v) is 27.9. The fourth-order valence-electron chi connectivity index (χ4n) is 10.0. The molecule has 0 aliphatic carbocycles. The van der Waals surface area contributed by atoms with Gasteiger partial charge in [-0.15, -0.1) is 11.3 Å². The molecule has 21 nitrogen and oxygen atoms in total. The third kappa shape index (κ3) is 15.2. The number of fused-ring (bicyclic) bond motifs is 1. The van der Waals surface area contributed by atoms with E-state index in [0.29, 0.717) is 70.1 Å². The fourth-order valence-corrected chi connectivity index (χ4v) is 11.0. The number of hydrogen-bond donors (Lipinski definition) is 6. The number of likely N-dealkylation sites (tertiary alicyclic amines) is 1. The van der Waals surface area contributed by atoms with Crippen molar-refractivity contribution in [2.24, 2.45) is 11.1 Å². The molecular weight excluding hydrogens is 1040 g/mol. The molecule has 3 aliphatic rings. The van der Waals surface area contributed by atoms with Gasteiger partial charge in [0.05, 0.1) is 65.6 Å². The van der Waals surface area contributed by atoms with Crippen LogP contribution in [-0.4, -0.2) is 185 Å². The Labute approximate surface area is 463 Å². The first-order chi connectivity index (χ1) is 37.5. The van der Waals surface area contributed by atoms with Gasteiger partial charge >= 0.3 is 0 Å². The highest BCUT2D eigenvalue weighted by Gasteiger charge is 2.45. The lowest BCUT2D eigenvalue weighted by Gasteiger charge is -2.39. The number of aliphatic hydroxyl groups excluding tert-OH is 1. The van der Waals surface area contributed by atoms with E-state index in [-0.39, 0.29) is 82.9 Å². The summed E-state index contributed by atoms with van der Waals surface area (Å²) in [7, 11) is 0. The van der Waals surface area contributed by atoms with E-state index in [2.05, 4.69) is 45.7 Å². The predicted molar refractivity (Wildman–Crippen MR) is 296 cm³/mol. The molecule has 3 saturated heterocycles. The number of thiazole rings is 1. The second-order valence-corrected chi connectivity index (χ2v) is 22.6. The Morgan fingerprint density at radius 1 is 0.885 bits per heavy atom. The van der Waals surface area contributed by atoms with Crippen LogP contribution in [0.3, 0.4) is 0 Å². The molecule has 0 radical (unpaired) electrons. The number of benzene rings is 2. The standard InChI is InChI=1S/C55H73ClN12O9S/c1-36-47(78-35-62-36)39-7-5-37(6-8-39)30-59-51(72)44-29-41(69)31-68(44)52(73)48(54(2,3)4)64-45(70)32-76-27-25-75-26-28-77-33-46(71)66-23-21-65(22-24-66)18-14-43(38-9-11-40(56)12-10-38)63-53(74)55(57)15-19-67(20-16-55)50-42-13-17-58-49(42)60-34-61-50/h5-13,17,34-35,41,43-44,48,69H,14-16,18-33,57H2,1-4H3,(H,59,72)(H,63,74)(H,64,70)(H,58,60,61)/t41-,43+,44+,48-/m1/s1. The van der Waals surface area contributed by atoms with Gasteiger partial charge in [0.2, 0.25) is 29.5 Å². The smallest absolute Gasteiger partial charge is 0.248 e. The van der Waals surface area contributed by atoms with Crippen molar-refractivity contribution in [3.05, 3.63) is 94.5 Å². The maximum absolute atomic E-state index is 14.0. The van der Waals surface area contributed by atoms with Gasteiger partial charge in [0.15, 0.2) is 0 Å². The predicted octanol–water partition coefficient (Wildman–Crippen LogP) is 3.59. The maximum Gasteiger partial charge on any atom is 0.248 e. The Morgan fingerprint density at radius 2 is 1.58 bits per heavy atom. The van der Waals surface area contributed by atoms with Crippen LogP contribution >= 0.6 is 22.9 Å². The third-order valence-electron chi connectivity index (χ3n) is 14.7. The number of nitrogens with zero attached hydrogens (tertiary/aromatic N) is 7. The number of hydrogen-bond acceptors (Lipinski definition) is 16. The van der Waals surface area contributed by atoms with Crippen LogP contribution in [-0.2, 0) is 44.7 Å². The minimum absolute atomic E-state index is 0.0352. The van der Waals surface area contributed by atoms with Crippen LogP contribution in [0.2, 0.25) is 5.02 Å². The van der Waals surface area contributed by atoms with E-state index in [9.17, 15) is 29.1 Å². The highest BCUT2D eigenvalue weighted by molar-refractivity contribution is 7.13. The summed E-state index contributed by atoms with van der Waals surface area (Å²) in [5.41, 5.74) is 11.4. The number of aromatic amines is 1. The van der Waals surface area contributed by atoms with Crippen LogP contribution in [0.4, 0.5) is 5.82 Å². The van der Waals surface area contributed by atoms with Crippen molar-refractivity contribution in [3.63, 3.8) is 0 Å². The number of ether oxygens (including phenoxy) is 3. The van der Waals surface area contributed by atoms with E-state index in [1.807, 2.05) is 88.5 Å². The van der Waals surface area contributed by atoms with Gasteiger partial charge in [-0.2, -0.15) is 0 Å². The van der Waals surface area contributed by atoms with Gasteiger partial charge in [0.25, 0.3) is 0 Å². The van der Waals surface area contributed by atoms with E-state index >= 15 is 0 Å². The first kappa shape index (κ1) is 58.0. The number of amides is 5. The number of aromatic nitrogens is 4. The summed E-state index contributed by atoms with van der Waals surface area (Å²) in [4.78, 5) is 92.4. The summed E-state index contributed by atoms with van der Waals surface area (Å²) in [5, 5.41) is 21.1. The van der Waals surface area contributed by atoms with Crippen molar-refractivity contribution >= 4 is 69.3 Å². The summed E-state index contributed by atoms with van der Waals surface area (Å²) in [5.74, 6) is -0.841. The number of nitrogens with one attached hydrogen (secondary N) is 4. The molecule has 0 spiro atoms. The summed E-state index contributed by atoms with van der Waals surface area (Å²) in [6.07, 6.45) is 4.13. The van der Waals surface area contributed by atoms with Crippen LogP contribution < -0.4 is 26.6 Å². The molecule has 7 N–H and O–H groups in total. The number of β-amino-alcohol motifs (C(OH)–C–C–N with tert-alkyl or cyclic N) is 1. The maximum atomic E-state index is 14.0. The van der Waals surface area contributed by atoms with Crippen molar-refractivity contribution in [2.45, 2.75) is 89.7 Å². The van der Waals surface area contributed by atoms with E-state index in [1.165, 1.54) is 11.2 Å². The zero-order valence-corrected chi connectivity index (χ0v) is 46.5. The zero-order chi connectivity index (χ0) is 55.4. The number of anilines is 1. The van der Waals surface area contributed by atoms with Crippen LogP contribution in [0.25, 0.3) is 21.5 Å². The molecule has 3 aliphatic heterocycles. The number of piperazine rings is 1. The zero-order valence-electron chi connectivity index (χ0n) is 44.9. The molecule has 23 heteroatoms. The fraction of sp³-hybridized carbons (Fsp3) is 0.527. The van der Waals surface area contributed by atoms with Crippen molar-refractivity contribution in [1.29, 1.82) is 0 Å². The average Bonchev–Trinajstić information content (AvgIpc) is 4.20. The molecule has 6 heterocycles. The van der Waals surface area contributed by atoms with Gasteiger partial charge in [-0.1, -0.05) is 68.8 Å². The molecule has 5 amide bonds. The highest BCUT2D eigenvalue weighted by Crippen LogP contribution is 2.31. The minimum Gasteiger partial charge on any atom is -0.391 e. The molecule has 4 atom stereocenters. The number of aliphatic hydroxyl groups is 1. The molecule has 3 fully saturated rings. The van der Waals surface area contributed by atoms with Crippen LogP contribution in [0.15, 0.2) is 72.6 Å². The molecule has 0 saturated carbocycles. The SMILES string of the molecule is Cc1ncsc1-c1ccc(CNC(=O)[C@@H]2C[C@@H](O)CN2C(=O)[C@@H](NC(=O)COCCOCCOCC(=O)N2CCN(CC[C@H](NC(=O)C3(N)CCN(c4ncnc5[nH]ccc45)CC3)c3ccc(Cl)cc3)CC2)C(C)(C)C)cc1. The normalized spacial score (nSPS) is 18.7. The number of rotatable bonds is 23. The summed E-state index contributed by atoms with van der Waals surface area (Å²) in [6.45, 7) is 12.1. The van der Waals surface area contributed by atoms with E-state index < -0.39 is 41.0 Å². The van der Waals surface area contributed by atoms with E-state index in [4.69, 9.17) is 31.5 Å². The second-order valence-electron chi connectivity index (χ2n) is 21.3. The largest absolute Gasteiger partial charge is 0.391 e. The Morgan fingerprint density at radius 3 is 2.26 bits per heavy atom. The van der Waals surface area contributed by atoms with E-state index in [0.717, 1.165) is 44.1 Å². The molecule has 420 valence electrons. The summed E-state index contributed by atoms with van der Waals surface area (Å²) in [6, 6.07) is 15.1. The van der Waals surface area contributed by atoms with Crippen molar-refractivity contribution in [1.82, 2.24) is 50.6 Å². The van der Waals surface area contributed by atoms with Gasteiger partial charge in [-0.05, 0) is 66.5 Å². The number of aryl methyl sites for hydroxylation is 1. The first-order valence-electron chi connectivity index (χ1n) is 26.6. The molecule has 5 aromatic rings. The molecule has 8 rings (SSSR count). The Bertz CT molecular complexity index is 2810. The summed E-state index contributed by atoms with van der Waals surface area (Å²) < 4.78 is 16.8. The quantitative estimate of drug-likeness (QED) is 0.0511. The number of piperidine rings is 1. The lowest BCUT2D eigenvalue weighted by Crippen LogP contribution is -2.60. The third-order valence-corrected chi connectivity index (χ3v) is 15.9. The van der Waals surface area contributed by atoms with Gasteiger partial charge < -0.3 is 60.7 Å². The van der Waals surface area contributed by atoms with Gasteiger partial charge in [0.1, 0.15) is 43.1 Å². The molecular formula is C55H73ClN12O9S. The Kier molecular flexibility index (Phi) is 19.9. The van der Waals surface area contributed by atoms with Crippen molar-refractivity contribution < 1.29 is 43.3 Å². The highest BCUT2D eigenvalue weighted by atomic mass is 35.5. The van der Waals surface area contributed by atoms with Crippen LogP contribution in [0.5, 0.6) is 0 Å². The molecule has 3 aromatic heterocycles. The number of carbonyl (C=O) groups is 5. The number of carbonyl (C=O) groups excluding carboxylic acids is 5. The van der Waals surface area contributed by atoms with Gasteiger partial charge in [0, 0.05) is 76.5 Å². The Hall–Kier alpha value is -6.11. The molecule has 0 unspecified atom stereocenters. The minimum atomic E-state index is -1.04. The van der Waals surface area contributed by atoms with E-state index in [1.54, 1.807) is 21.7 Å². The number of halogens is 1. The van der Waals surface area contributed by atoms with Gasteiger partial charge in [-0.3, -0.25) is 28.9 Å². The van der Waals surface area contributed by atoms with Crippen molar-refractivity contribution in [2.75, 3.05) is 96.9 Å². The monoisotopic (exact) mass is 1110 g/mol.